The van der Waals surface area contributed by atoms with Crippen molar-refractivity contribution in [2.75, 3.05) is 26.0 Å². The van der Waals surface area contributed by atoms with Gasteiger partial charge in [0.05, 0.1) is 12.9 Å². The third-order valence-corrected chi connectivity index (χ3v) is 4.66. The Labute approximate surface area is 119 Å². The molecule has 1 fully saturated rings. The Kier molecular flexibility index (Phi) is 5.14. The fraction of sp³-hybridized carbons (Fsp3) is 0.533. The molecule has 0 spiro atoms. The predicted octanol–water partition coefficient (Wildman–Crippen LogP) is 3.11. The van der Waals surface area contributed by atoms with E-state index in [4.69, 9.17) is 4.74 Å². The fourth-order valence-corrected chi connectivity index (χ4v) is 3.30. The zero-order chi connectivity index (χ0) is 13.7. The highest BCUT2D eigenvalue weighted by molar-refractivity contribution is 8.00. The van der Waals surface area contributed by atoms with E-state index in [0.717, 1.165) is 37.2 Å². The lowest BCUT2D eigenvalue weighted by molar-refractivity contribution is -0.127. The number of hydrogen-bond donors (Lipinski definition) is 0. The summed E-state index contributed by atoms with van der Waals surface area (Å²) in [7, 11) is 1.69. The molecule has 0 aromatic heterocycles. The van der Waals surface area contributed by atoms with Crippen molar-refractivity contribution in [2.45, 2.75) is 25.0 Å². The third kappa shape index (κ3) is 3.66. The summed E-state index contributed by atoms with van der Waals surface area (Å²) in [6, 6.07) is 8.01. The summed E-state index contributed by atoms with van der Waals surface area (Å²) in [5.74, 6) is 1.72. The van der Waals surface area contributed by atoms with Gasteiger partial charge in [-0.25, -0.2) is 0 Å². The van der Waals surface area contributed by atoms with E-state index in [2.05, 4.69) is 13.0 Å². The van der Waals surface area contributed by atoms with E-state index in [-0.39, 0.29) is 11.2 Å². The highest BCUT2D eigenvalue weighted by Gasteiger charge is 2.19. The highest BCUT2D eigenvalue weighted by atomic mass is 32.2. The van der Waals surface area contributed by atoms with E-state index in [1.807, 2.05) is 23.1 Å². The molecule has 0 radical (unpaired) electrons. The van der Waals surface area contributed by atoms with Crippen molar-refractivity contribution in [3.63, 3.8) is 0 Å². The molecule has 0 unspecified atom stereocenters. The molecule has 1 atom stereocenters. The van der Waals surface area contributed by atoms with Gasteiger partial charge in [-0.2, -0.15) is 0 Å². The van der Waals surface area contributed by atoms with Gasteiger partial charge in [0.2, 0.25) is 5.91 Å². The van der Waals surface area contributed by atoms with Gasteiger partial charge in [-0.1, -0.05) is 18.2 Å². The molecule has 4 heteroatoms. The molecule has 1 heterocycles. The molecule has 1 amide bonds. The molecule has 1 saturated heterocycles. The molecular formula is C15H21NO2S. The maximum absolute atomic E-state index is 12.0. The zero-order valence-corrected chi connectivity index (χ0v) is 12.4. The van der Waals surface area contributed by atoms with Crippen molar-refractivity contribution in [3.8, 4) is 5.75 Å². The molecule has 0 N–H and O–H groups in total. The average molecular weight is 279 g/mol. The Bertz CT molecular complexity index is 430. The molecule has 1 aliphatic rings. The lowest BCUT2D eigenvalue weighted by Gasteiger charge is -2.18. The molecule has 2 rings (SSSR count). The summed E-state index contributed by atoms with van der Waals surface area (Å²) < 4.78 is 5.36. The molecule has 1 aromatic rings. The predicted molar refractivity (Wildman–Crippen MR) is 79.7 cm³/mol. The van der Waals surface area contributed by atoms with Crippen molar-refractivity contribution < 1.29 is 9.53 Å². The number of hydrogen-bond acceptors (Lipinski definition) is 3. The van der Waals surface area contributed by atoms with E-state index >= 15 is 0 Å². The van der Waals surface area contributed by atoms with Crippen molar-refractivity contribution in [2.24, 2.45) is 0 Å². The quantitative estimate of drug-likeness (QED) is 0.829. The molecule has 0 aliphatic carbocycles. The van der Waals surface area contributed by atoms with Crippen LogP contribution in [0.1, 0.15) is 30.6 Å². The minimum Gasteiger partial charge on any atom is -0.496 e. The van der Waals surface area contributed by atoms with Crippen LogP contribution in [0.25, 0.3) is 0 Å². The van der Waals surface area contributed by atoms with Crippen LogP contribution in [-0.4, -0.2) is 36.8 Å². The summed E-state index contributed by atoms with van der Waals surface area (Å²) in [5.41, 5.74) is 1.16. The first-order chi connectivity index (χ1) is 9.22. The standard InChI is InChI=1S/C15H21NO2S/c1-12(13-7-3-4-8-14(13)18-2)19-11-15(17)16-9-5-6-10-16/h3-4,7-8,12H,5-6,9-11H2,1-2H3/t12-/m0/s1. The van der Waals surface area contributed by atoms with E-state index in [9.17, 15) is 4.79 Å². The molecule has 0 saturated carbocycles. The van der Waals surface area contributed by atoms with Crippen LogP contribution < -0.4 is 4.74 Å². The summed E-state index contributed by atoms with van der Waals surface area (Å²) in [6.07, 6.45) is 2.30. The van der Waals surface area contributed by atoms with E-state index in [1.54, 1.807) is 18.9 Å². The van der Waals surface area contributed by atoms with E-state index in [1.165, 1.54) is 0 Å². The summed E-state index contributed by atoms with van der Waals surface area (Å²) >= 11 is 1.68. The number of likely N-dealkylation sites (tertiary alicyclic amines) is 1. The minimum atomic E-state index is 0.266. The van der Waals surface area contributed by atoms with Gasteiger partial charge >= 0.3 is 0 Å². The van der Waals surface area contributed by atoms with Gasteiger partial charge in [-0.15, -0.1) is 11.8 Å². The van der Waals surface area contributed by atoms with Gasteiger partial charge in [0, 0.05) is 23.9 Å². The first kappa shape index (κ1) is 14.3. The summed E-state index contributed by atoms with van der Waals surface area (Å²) in [5, 5.41) is 0.266. The molecular weight excluding hydrogens is 258 g/mol. The second-order valence-corrected chi connectivity index (χ2v) is 6.11. The van der Waals surface area contributed by atoms with Gasteiger partial charge in [0.15, 0.2) is 0 Å². The molecule has 104 valence electrons. The van der Waals surface area contributed by atoms with Gasteiger partial charge in [0.25, 0.3) is 0 Å². The first-order valence-corrected chi connectivity index (χ1v) is 7.79. The second kappa shape index (κ2) is 6.85. The van der Waals surface area contributed by atoms with Crippen molar-refractivity contribution >= 4 is 17.7 Å². The Morgan fingerprint density at radius 3 is 2.74 bits per heavy atom. The number of para-hydroxylation sites is 1. The maximum Gasteiger partial charge on any atom is 0.232 e. The molecule has 3 nitrogen and oxygen atoms in total. The monoisotopic (exact) mass is 279 g/mol. The number of benzene rings is 1. The Morgan fingerprint density at radius 2 is 2.05 bits per heavy atom. The topological polar surface area (TPSA) is 29.5 Å². The van der Waals surface area contributed by atoms with Crippen molar-refractivity contribution in [1.82, 2.24) is 4.90 Å². The second-order valence-electron chi connectivity index (χ2n) is 4.78. The van der Waals surface area contributed by atoms with Crippen LogP contribution in [0.5, 0.6) is 5.75 Å². The number of nitrogens with zero attached hydrogens (tertiary/aromatic N) is 1. The zero-order valence-electron chi connectivity index (χ0n) is 11.6. The first-order valence-electron chi connectivity index (χ1n) is 6.74. The smallest absolute Gasteiger partial charge is 0.232 e. The van der Waals surface area contributed by atoms with Gasteiger partial charge in [0.1, 0.15) is 5.75 Å². The largest absolute Gasteiger partial charge is 0.496 e. The van der Waals surface area contributed by atoms with Gasteiger partial charge < -0.3 is 9.64 Å². The summed E-state index contributed by atoms with van der Waals surface area (Å²) in [6.45, 7) is 3.99. The number of amides is 1. The molecule has 19 heavy (non-hydrogen) atoms. The van der Waals surface area contributed by atoms with Crippen molar-refractivity contribution in [3.05, 3.63) is 29.8 Å². The van der Waals surface area contributed by atoms with Gasteiger partial charge in [-0.05, 0) is 25.8 Å². The van der Waals surface area contributed by atoms with Crippen LogP contribution in [0.2, 0.25) is 0 Å². The third-order valence-electron chi connectivity index (χ3n) is 3.49. The van der Waals surface area contributed by atoms with E-state index in [0.29, 0.717) is 5.75 Å². The maximum atomic E-state index is 12.0. The van der Waals surface area contributed by atoms with Crippen molar-refractivity contribution in [1.29, 1.82) is 0 Å². The molecule has 1 aromatic carbocycles. The van der Waals surface area contributed by atoms with Gasteiger partial charge in [-0.3, -0.25) is 4.79 Å². The van der Waals surface area contributed by atoms with Crippen LogP contribution in [0.3, 0.4) is 0 Å². The average Bonchev–Trinajstić information content (AvgIpc) is 2.98. The summed E-state index contributed by atoms with van der Waals surface area (Å²) in [4.78, 5) is 14.0. The number of carbonyl (C=O) groups excluding carboxylic acids is 1. The lowest BCUT2D eigenvalue weighted by Crippen LogP contribution is -2.29. The number of methoxy groups -OCH3 is 1. The minimum absolute atomic E-state index is 0.266. The number of thioether (sulfide) groups is 1. The van der Waals surface area contributed by atoms with Crippen LogP contribution in [0, 0.1) is 0 Å². The van der Waals surface area contributed by atoms with Crippen LogP contribution in [-0.2, 0) is 4.79 Å². The molecule has 0 bridgehead atoms. The van der Waals surface area contributed by atoms with E-state index < -0.39 is 0 Å². The number of rotatable bonds is 5. The van der Waals surface area contributed by atoms with Crippen LogP contribution >= 0.6 is 11.8 Å². The Hall–Kier alpha value is -1.16. The lowest BCUT2D eigenvalue weighted by atomic mass is 10.1. The fourth-order valence-electron chi connectivity index (χ4n) is 2.35. The highest BCUT2D eigenvalue weighted by Crippen LogP contribution is 2.34. The SMILES string of the molecule is COc1ccccc1[C@H](C)SCC(=O)N1CCCC1. The van der Waals surface area contributed by atoms with Crippen LogP contribution in [0.4, 0.5) is 0 Å². The Balaban J connectivity index is 1.89. The normalized spacial score (nSPS) is 16.4. The van der Waals surface area contributed by atoms with Crippen LogP contribution in [0.15, 0.2) is 24.3 Å². The number of carbonyl (C=O) groups is 1. The Morgan fingerprint density at radius 1 is 1.37 bits per heavy atom. The molecule has 1 aliphatic heterocycles. The number of ether oxygens (including phenoxy) is 1.